The Hall–Kier alpha value is -2.64. The molecular formula is C22H26N2O4S. The molecule has 1 N–H and O–H groups in total. The Balaban J connectivity index is 2.05. The molecule has 1 unspecified atom stereocenters. The van der Waals surface area contributed by atoms with Crippen molar-refractivity contribution in [2.24, 2.45) is 0 Å². The number of carbonyl (C=O) groups is 2. The third-order valence-electron chi connectivity index (χ3n) is 5.25. The van der Waals surface area contributed by atoms with E-state index in [0.717, 1.165) is 18.0 Å². The summed E-state index contributed by atoms with van der Waals surface area (Å²) < 4.78 is 5.23. The summed E-state index contributed by atoms with van der Waals surface area (Å²) in [5.74, 6) is -0.827. The number of thiophene rings is 1. The first kappa shape index (κ1) is 21.1. The number of nitrogens with zero attached hydrogens (tertiary/aromatic N) is 2. The van der Waals surface area contributed by atoms with Crippen molar-refractivity contribution in [2.45, 2.75) is 19.9 Å². The molecule has 0 radical (unpaired) electrons. The first-order chi connectivity index (χ1) is 14.0. The summed E-state index contributed by atoms with van der Waals surface area (Å²) in [4.78, 5) is 30.4. The summed E-state index contributed by atoms with van der Waals surface area (Å²) in [5, 5.41) is 12.9. The number of amides is 1. The zero-order valence-electron chi connectivity index (χ0n) is 16.9. The number of methoxy groups -OCH3 is 1. The molecule has 1 aliphatic heterocycles. The lowest BCUT2D eigenvalue weighted by Gasteiger charge is -2.27. The number of likely N-dealkylation sites (tertiary alicyclic amines) is 1. The predicted octanol–water partition coefficient (Wildman–Crippen LogP) is 3.52. The molecule has 0 bridgehead atoms. The summed E-state index contributed by atoms with van der Waals surface area (Å²) in [6.45, 7) is 6.96. The first-order valence-electron chi connectivity index (χ1n) is 9.70. The molecule has 1 saturated heterocycles. The molecular weight excluding hydrogens is 388 g/mol. The molecule has 0 aliphatic carbocycles. The van der Waals surface area contributed by atoms with E-state index in [4.69, 9.17) is 4.74 Å². The summed E-state index contributed by atoms with van der Waals surface area (Å²) in [5.41, 5.74) is 0.581. The van der Waals surface area contributed by atoms with Crippen LogP contribution in [0.15, 0.2) is 47.4 Å². The van der Waals surface area contributed by atoms with Crippen LogP contribution in [-0.4, -0.2) is 59.9 Å². The minimum Gasteiger partial charge on any atom is -0.507 e. The van der Waals surface area contributed by atoms with Crippen molar-refractivity contribution in [1.82, 2.24) is 9.80 Å². The molecule has 1 aromatic heterocycles. The van der Waals surface area contributed by atoms with Gasteiger partial charge in [-0.1, -0.05) is 32.0 Å². The maximum Gasteiger partial charge on any atom is 0.295 e. The lowest BCUT2D eigenvalue weighted by atomic mass is 10.00. The number of aliphatic hydroxyl groups excluding tert-OH is 1. The van der Waals surface area contributed by atoms with Gasteiger partial charge in [0.15, 0.2) is 0 Å². The highest BCUT2D eigenvalue weighted by Crippen LogP contribution is 2.41. The van der Waals surface area contributed by atoms with Gasteiger partial charge in [-0.05, 0) is 36.7 Å². The third-order valence-corrected chi connectivity index (χ3v) is 6.17. The molecule has 29 heavy (non-hydrogen) atoms. The fourth-order valence-corrected chi connectivity index (χ4v) is 4.41. The Bertz CT molecular complexity index is 903. The van der Waals surface area contributed by atoms with Crippen LogP contribution < -0.4 is 4.74 Å². The molecule has 1 amide bonds. The van der Waals surface area contributed by atoms with E-state index in [1.165, 1.54) is 18.4 Å². The maximum atomic E-state index is 12.9. The zero-order chi connectivity index (χ0) is 21.0. The second kappa shape index (κ2) is 9.24. The molecule has 2 heterocycles. The molecule has 1 fully saturated rings. The molecule has 2 aromatic rings. The predicted molar refractivity (Wildman–Crippen MR) is 114 cm³/mol. The van der Waals surface area contributed by atoms with Gasteiger partial charge in [-0.25, -0.2) is 0 Å². The number of ether oxygens (including phenoxy) is 1. The Morgan fingerprint density at radius 3 is 2.59 bits per heavy atom. The van der Waals surface area contributed by atoms with Crippen LogP contribution in [0.2, 0.25) is 0 Å². The smallest absolute Gasteiger partial charge is 0.295 e. The van der Waals surface area contributed by atoms with Gasteiger partial charge >= 0.3 is 0 Å². The van der Waals surface area contributed by atoms with Crippen LogP contribution in [0.1, 0.15) is 30.3 Å². The van der Waals surface area contributed by atoms with Crippen molar-refractivity contribution in [3.8, 4) is 5.75 Å². The van der Waals surface area contributed by atoms with Gasteiger partial charge in [-0.2, -0.15) is 0 Å². The van der Waals surface area contributed by atoms with Gasteiger partial charge in [0, 0.05) is 23.5 Å². The molecule has 0 saturated carbocycles. The largest absolute Gasteiger partial charge is 0.507 e. The van der Waals surface area contributed by atoms with E-state index in [-0.39, 0.29) is 11.3 Å². The standard InChI is InChI=1S/C22H26N2O4S/c1-4-23(5-2)11-12-24-19(17-10-7-13-29-17)18(21(26)22(24)27)20(25)15-8-6-9-16(14-15)28-3/h6-10,13-14,19,25H,4-5,11-12H2,1-3H3/b20-18+. The Morgan fingerprint density at radius 2 is 1.97 bits per heavy atom. The van der Waals surface area contributed by atoms with Crippen molar-refractivity contribution >= 4 is 28.8 Å². The van der Waals surface area contributed by atoms with Crippen LogP contribution in [0.5, 0.6) is 5.75 Å². The fraction of sp³-hybridized carbons (Fsp3) is 0.364. The molecule has 7 heteroatoms. The van der Waals surface area contributed by atoms with Crippen molar-refractivity contribution in [3.63, 3.8) is 0 Å². The monoisotopic (exact) mass is 414 g/mol. The third kappa shape index (κ3) is 4.21. The van der Waals surface area contributed by atoms with Crippen LogP contribution >= 0.6 is 11.3 Å². The average Bonchev–Trinajstić information content (AvgIpc) is 3.36. The Morgan fingerprint density at radius 1 is 1.21 bits per heavy atom. The lowest BCUT2D eigenvalue weighted by molar-refractivity contribution is -0.140. The number of benzene rings is 1. The van der Waals surface area contributed by atoms with E-state index >= 15 is 0 Å². The van der Waals surface area contributed by atoms with E-state index in [9.17, 15) is 14.7 Å². The minimum absolute atomic E-state index is 0.130. The summed E-state index contributed by atoms with van der Waals surface area (Å²) >= 11 is 1.47. The highest BCUT2D eigenvalue weighted by molar-refractivity contribution is 7.10. The molecule has 6 nitrogen and oxygen atoms in total. The second-order valence-electron chi connectivity index (χ2n) is 6.77. The van der Waals surface area contributed by atoms with E-state index in [1.54, 1.807) is 29.2 Å². The van der Waals surface area contributed by atoms with Crippen molar-refractivity contribution in [3.05, 3.63) is 57.8 Å². The number of hydrogen-bond donors (Lipinski definition) is 1. The van der Waals surface area contributed by atoms with Gasteiger partial charge in [0.2, 0.25) is 0 Å². The van der Waals surface area contributed by atoms with Gasteiger partial charge in [-0.3, -0.25) is 9.59 Å². The number of hydrogen-bond acceptors (Lipinski definition) is 6. The average molecular weight is 415 g/mol. The van der Waals surface area contributed by atoms with Crippen molar-refractivity contribution in [2.75, 3.05) is 33.3 Å². The molecule has 1 atom stereocenters. The van der Waals surface area contributed by atoms with Gasteiger partial charge in [0.1, 0.15) is 11.5 Å². The molecule has 1 aliphatic rings. The molecule has 0 spiro atoms. The Kier molecular flexibility index (Phi) is 6.71. The number of ketones is 1. The van der Waals surface area contributed by atoms with Crippen LogP contribution in [0, 0.1) is 0 Å². The van der Waals surface area contributed by atoms with Crippen LogP contribution in [0.3, 0.4) is 0 Å². The summed E-state index contributed by atoms with van der Waals surface area (Å²) in [6.07, 6.45) is 0. The summed E-state index contributed by atoms with van der Waals surface area (Å²) in [6, 6.07) is 10.1. The van der Waals surface area contributed by atoms with Crippen LogP contribution in [-0.2, 0) is 9.59 Å². The minimum atomic E-state index is -0.650. The summed E-state index contributed by atoms with van der Waals surface area (Å²) in [7, 11) is 1.54. The molecule has 154 valence electrons. The maximum absolute atomic E-state index is 12.9. The number of carbonyl (C=O) groups excluding carboxylic acids is 2. The van der Waals surface area contributed by atoms with Gasteiger partial charge < -0.3 is 19.6 Å². The second-order valence-corrected chi connectivity index (χ2v) is 7.75. The zero-order valence-corrected chi connectivity index (χ0v) is 17.7. The van der Waals surface area contributed by atoms with Gasteiger partial charge in [0.05, 0.1) is 18.7 Å². The lowest BCUT2D eigenvalue weighted by Crippen LogP contribution is -2.37. The Labute approximate surface area is 175 Å². The molecule has 3 rings (SSSR count). The topological polar surface area (TPSA) is 70.1 Å². The van der Waals surface area contributed by atoms with E-state index < -0.39 is 17.7 Å². The quantitative estimate of drug-likeness (QED) is 0.407. The number of aliphatic hydroxyl groups is 1. The van der Waals surface area contributed by atoms with Crippen molar-refractivity contribution in [1.29, 1.82) is 0 Å². The normalized spacial score (nSPS) is 18.6. The molecule has 1 aromatic carbocycles. The fourth-order valence-electron chi connectivity index (χ4n) is 3.57. The van der Waals surface area contributed by atoms with E-state index in [1.807, 2.05) is 17.5 Å². The highest BCUT2D eigenvalue weighted by atomic mass is 32.1. The number of likely N-dealkylation sites (N-methyl/N-ethyl adjacent to an activating group) is 1. The van der Waals surface area contributed by atoms with E-state index in [0.29, 0.717) is 24.4 Å². The van der Waals surface area contributed by atoms with Crippen LogP contribution in [0.4, 0.5) is 0 Å². The first-order valence-corrected chi connectivity index (χ1v) is 10.6. The van der Waals surface area contributed by atoms with E-state index in [2.05, 4.69) is 18.7 Å². The number of Topliss-reactive ketones (excluding diaryl/α,β-unsaturated/α-hetero) is 1. The van der Waals surface area contributed by atoms with Crippen LogP contribution in [0.25, 0.3) is 5.76 Å². The van der Waals surface area contributed by atoms with Gasteiger partial charge in [-0.15, -0.1) is 11.3 Å². The number of rotatable bonds is 8. The van der Waals surface area contributed by atoms with Gasteiger partial charge in [0.25, 0.3) is 11.7 Å². The highest BCUT2D eigenvalue weighted by Gasteiger charge is 2.46. The van der Waals surface area contributed by atoms with Crippen molar-refractivity contribution < 1.29 is 19.4 Å². The SMILES string of the molecule is CCN(CC)CCN1C(=O)C(=O)/C(=C(/O)c2cccc(OC)c2)C1c1cccs1.